The van der Waals surface area contributed by atoms with Crippen LogP contribution < -0.4 is 20.0 Å². The number of hydrogen-bond donors (Lipinski definition) is 5. The second kappa shape index (κ2) is 23.0. The number of benzene rings is 6. The fourth-order valence-electron chi connectivity index (χ4n) is 12.1. The quantitative estimate of drug-likeness (QED) is 0.0802. The molecule has 1 amide bonds. The van der Waals surface area contributed by atoms with Gasteiger partial charge in [0.25, 0.3) is 0 Å². The molecular weight excluding hydrogens is 1040 g/mol. The Morgan fingerprint density at radius 1 is 0.512 bits per heavy atom. The number of fused-ring (bicyclic) bond motifs is 3. The summed E-state index contributed by atoms with van der Waals surface area (Å²) in [6.07, 6.45) is 13.6. The van der Waals surface area contributed by atoms with E-state index in [1.165, 1.54) is 73.6 Å². The van der Waals surface area contributed by atoms with E-state index in [-0.39, 0.29) is 17.5 Å². The average Bonchev–Trinajstić information content (AvgIpc) is 4.39. The molecule has 0 radical (unpaired) electrons. The third-order valence-corrected chi connectivity index (χ3v) is 17.0. The summed E-state index contributed by atoms with van der Waals surface area (Å²) in [7, 11) is 0. The number of amides is 1. The Labute approximate surface area is 474 Å². The molecule has 0 spiro atoms. The van der Waals surface area contributed by atoms with Gasteiger partial charge in [-0.05, 0) is 148 Å². The summed E-state index contributed by atoms with van der Waals surface area (Å²) in [5.41, 5.74) is 17.7. The van der Waals surface area contributed by atoms with Crippen molar-refractivity contribution in [2.24, 2.45) is 0 Å². The van der Waals surface area contributed by atoms with E-state index in [2.05, 4.69) is 148 Å². The largest absolute Gasteiger partial charge is 0.421 e. The van der Waals surface area contributed by atoms with Gasteiger partial charge in [-0.25, -0.2) is 0 Å². The summed E-state index contributed by atoms with van der Waals surface area (Å²) in [4.78, 5) is 30.1. The van der Waals surface area contributed by atoms with Gasteiger partial charge in [0.1, 0.15) is 5.78 Å². The maximum Gasteiger partial charge on any atom is 0.421 e. The smallest absolute Gasteiger partial charge is 0.376 e. The molecule has 1 saturated heterocycles. The fourth-order valence-corrected chi connectivity index (χ4v) is 12.1. The van der Waals surface area contributed by atoms with Gasteiger partial charge in [0.2, 0.25) is 5.91 Å². The van der Waals surface area contributed by atoms with E-state index in [1.807, 2.05) is 37.1 Å². The second-order valence-corrected chi connectivity index (χ2v) is 22.4. The fraction of sp³-hybridized carbons (Fsp3) is 0.288. The number of aromatic nitrogens is 6. The normalized spacial score (nSPS) is 17.8. The van der Waals surface area contributed by atoms with E-state index >= 15 is 0 Å². The molecule has 5 aliphatic rings. The first-order valence-corrected chi connectivity index (χ1v) is 28.3. The molecule has 6 aromatic carbocycles. The first-order valence-electron chi connectivity index (χ1n) is 28.3. The van der Waals surface area contributed by atoms with Gasteiger partial charge in [0, 0.05) is 111 Å². The Morgan fingerprint density at radius 2 is 0.927 bits per heavy atom. The summed E-state index contributed by atoms with van der Waals surface area (Å²) >= 11 is 0. The Morgan fingerprint density at radius 3 is 1.28 bits per heavy atom. The lowest BCUT2D eigenvalue weighted by atomic mass is 9.94. The average molecular weight is 1100 g/mol. The van der Waals surface area contributed by atoms with E-state index in [9.17, 15) is 27.9 Å². The molecule has 3 atom stereocenters. The molecular formula is C66H65F3N10O3. The lowest BCUT2D eigenvalue weighted by Gasteiger charge is -2.27. The standard InChI is InChI=1S/C23H23N3O.C22H22N4O.C21H20F3N3O/c27-22-7-5-19(12-22)17-3-1-16(2-4-17)15-26-10-9-20-11-18(6-8-23(20)26)21-13-24-25-14-21;27-22-8-6-20(25-22)16-3-1-15(2-4-16)14-26-10-9-18-11-17(5-7-21(18)26)19-12-23-24-13-19;1-20(28,21(22,23)24)18-5-2-14(3-6-18)13-27-9-8-16-10-15(4-7-19(16)27)17-11-25-26-12-17/h1-4,6,8,11,13-14,19H,5,7,9-10,12,15H2,(H,24,25);1-5,7,11-13,20H,6,8-10,14H2,(H,23,24)(H,25,27);2-7,10-12,28H,8-9,13H2,1H3,(H,25,26). The van der Waals surface area contributed by atoms with Crippen LogP contribution in [0.4, 0.5) is 30.2 Å². The van der Waals surface area contributed by atoms with Crippen molar-refractivity contribution in [1.82, 2.24) is 35.9 Å². The number of carbonyl (C=O) groups excluding carboxylic acids is 2. The van der Waals surface area contributed by atoms with Crippen LogP contribution in [-0.2, 0) is 54.1 Å². The summed E-state index contributed by atoms with van der Waals surface area (Å²) in [6.45, 7) is 6.18. The number of carbonyl (C=O) groups is 2. The maximum absolute atomic E-state index is 13.0. The third kappa shape index (κ3) is 11.7. The van der Waals surface area contributed by atoms with Gasteiger partial charge in [-0.15, -0.1) is 0 Å². The molecule has 13 nitrogen and oxygen atoms in total. The zero-order chi connectivity index (χ0) is 56.4. The van der Waals surface area contributed by atoms with Crippen LogP contribution in [0.5, 0.6) is 0 Å². The predicted octanol–water partition coefficient (Wildman–Crippen LogP) is 12.5. The van der Waals surface area contributed by atoms with Gasteiger partial charge >= 0.3 is 6.18 Å². The number of nitrogens with zero attached hydrogens (tertiary/aromatic N) is 6. The van der Waals surface area contributed by atoms with E-state index < -0.39 is 11.8 Å². The van der Waals surface area contributed by atoms with Crippen LogP contribution in [0.3, 0.4) is 0 Å². The molecule has 3 unspecified atom stereocenters. The molecule has 14 rings (SSSR count). The number of aliphatic hydroxyl groups is 1. The molecule has 4 aliphatic heterocycles. The van der Waals surface area contributed by atoms with E-state index in [0.717, 1.165) is 118 Å². The number of aromatic amines is 3. The van der Waals surface area contributed by atoms with E-state index in [4.69, 9.17) is 0 Å². The molecule has 3 aromatic heterocycles. The highest BCUT2D eigenvalue weighted by atomic mass is 19.4. The molecule has 2 fully saturated rings. The highest BCUT2D eigenvalue weighted by Gasteiger charge is 2.51. The van der Waals surface area contributed by atoms with Crippen LogP contribution in [0.25, 0.3) is 33.4 Å². The van der Waals surface area contributed by atoms with Gasteiger partial charge < -0.3 is 25.1 Å². The van der Waals surface area contributed by atoms with Crippen molar-refractivity contribution < 1.29 is 27.9 Å². The first-order chi connectivity index (χ1) is 39.8. The van der Waals surface area contributed by atoms with Crippen LogP contribution in [0.2, 0.25) is 0 Å². The number of H-pyrrole nitrogens is 3. The molecule has 16 heteroatoms. The van der Waals surface area contributed by atoms with E-state index in [1.54, 1.807) is 18.3 Å². The van der Waals surface area contributed by atoms with Gasteiger partial charge in [0.15, 0.2) is 5.60 Å². The number of anilines is 3. The predicted molar refractivity (Wildman–Crippen MR) is 313 cm³/mol. The molecule has 1 saturated carbocycles. The van der Waals surface area contributed by atoms with Crippen molar-refractivity contribution in [2.45, 2.75) is 102 Å². The lowest BCUT2D eigenvalue weighted by Crippen LogP contribution is -2.39. The van der Waals surface area contributed by atoms with Gasteiger partial charge in [-0.1, -0.05) is 91.0 Å². The summed E-state index contributed by atoms with van der Waals surface area (Å²) in [5.74, 6) is 1.00. The minimum atomic E-state index is -4.71. The van der Waals surface area contributed by atoms with Crippen LogP contribution >= 0.6 is 0 Å². The molecule has 7 heterocycles. The van der Waals surface area contributed by atoms with Gasteiger partial charge in [-0.3, -0.25) is 24.9 Å². The van der Waals surface area contributed by atoms with Crippen molar-refractivity contribution in [3.8, 4) is 33.4 Å². The number of hydrogen-bond acceptors (Lipinski definition) is 9. The number of nitrogens with one attached hydrogen (secondary N) is 4. The van der Waals surface area contributed by atoms with Crippen LogP contribution in [0.15, 0.2) is 165 Å². The van der Waals surface area contributed by atoms with Gasteiger partial charge in [0.05, 0.1) is 24.6 Å². The van der Waals surface area contributed by atoms with Crippen molar-refractivity contribution in [3.05, 3.63) is 215 Å². The minimum absolute atomic E-state index is 0.157. The zero-order valence-corrected chi connectivity index (χ0v) is 45.7. The van der Waals surface area contributed by atoms with Crippen molar-refractivity contribution in [2.75, 3.05) is 34.3 Å². The van der Waals surface area contributed by atoms with Gasteiger partial charge in [-0.2, -0.15) is 28.5 Å². The third-order valence-electron chi connectivity index (χ3n) is 17.0. The number of rotatable bonds is 12. The second-order valence-electron chi connectivity index (χ2n) is 22.4. The van der Waals surface area contributed by atoms with Crippen LogP contribution in [-0.4, -0.2) is 73.2 Å². The topological polar surface area (TPSA) is 162 Å². The monoisotopic (exact) mass is 1100 g/mol. The molecule has 82 heavy (non-hydrogen) atoms. The summed E-state index contributed by atoms with van der Waals surface area (Å²) in [5, 5.41) is 33.5. The highest BCUT2D eigenvalue weighted by molar-refractivity contribution is 5.82. The summed E-state index contributed by atoms with van der Waals surface area (Å²) in [6, 6.07) is 43.5. The lowest BCUT2D eigenvalue weighted by molar-refractivity contribution is -0.258. The van der Waals surface area contributed by atoms with Crippen LogP contribution in [0.1, 0.15) is 101 Å². The Kier molecular flexibility index (Phi) is 15.1. The number of ketones is 1. The maximum atomic E-state index is 13.0. The number of Topliss-reactive ketones (excluding diaryl/α,β-unsaturated/α-hetero) is 1. The number of alkyl halides is 3. The minimum Gasteiger partial charge on any atom is -0.376 e. The van der Waals surface area contributed by atoms with Crippen molar-refractivity contribution in [1.29, 1.82) is 0 Å². The Bertz CT molecular complexity index is 3500. The molecule has 1 aliphatic carbocycles. The van der Waals surface area contributed by atoms with Crippen molar-refractivity contribution in [3.63, 3.8) is 0 Å². The van der Waals surface area contributed by atoms with Crippen molar-refractivity contribution >= 4 is 28.8 Å². The first kappa shape index (κ1) is 53.9. The molecule has 418 valence electrons. The Hall–Kier alpha value is -8.76. The SMILES string of the molecule is CC(O)(c1ccc(CN2CCc3cc(-c4cn[nH]c4)ccc32)cc1)C(F)(F)F.O=C1CCC(c2ccc(CN3CCc4cc(-c5cn[nH]c5)ccc43)cc2)C1.O=C1CCC(c2ccc(CN3CCc4cc(-c5cn[nH]c5)ccc43)cc2)N1. The molecule has 0 bridgehead atoms. The Balaban J connectivity index is 0.000000122. The summed E-state index contributed by atoms with van der Waals surface area (Å²) < 4.78 is 38.9. The van der Waals surface area contributed by atoms with Crippen LogP contribution in [0, 0.1) is 0 Å². The number of halogens is 3. The highest BCUT2D eigenvalue weighted by Crippen LogP contribution is 2.40. The molecule has 9 aromatic rings. The zero-order valence-electron chi connectivity index (χ0n) is 45.7. The van der Waals surface area contributed by atoms with E-state index in [0.29, 0.717) is 24.7 Å². The molecule has 5 N–H and O–H groups in total.